The quantitative estimate of drug-likeness (QED) is 0.721. The van der Waals surface area contributed by atoms with Crippen molar-refractivity contribution < 1.29 is 8.42 Å². The van der Waals surface area contributed by atoms with Gasteiger partial charge >= 0.3 is 5.69 Å². The molecule has 136 valence electrons. The van der Waals surface area contributed by atoms with Crippen LogP contribution in [0.15, 0.2) is 24.9 Å². The van der Waals surface area contributed by atoms with Crippen LogP contribution in [-0.2, 0) is 17.1 Å². The van der Waals surface area contributed by atoms with Crippen molar-refractivity contribution in [3.8, 4) is 0 Å². The summed E-state index contributed by atoms with van der Waals surface area (Å²) in [7, 11) is -1.76. The van der Waals surface area contributed by atoms with Gasteiger partial charge in [0.25, 0.3) is 10.0 Å². The average Bonchev–Trinajstić information content (AvgIpc) is 3.25. The van der Waals surface area contributed by atoms with Crippen LogP contribution in [0.3, 0.4) is 0 Å². The molecule has 10 heteroatoms. The van der Waals surface area contributed by atoms with Crippen LogP contribution in [0.1, 0.15) is 43.5 Å². The van der Waals surface area contributed by atoms with Gasteiger partial charge in [-0.25, -0.2) is 17.9 Å². The molecular formula is C15H19BrN4O3S2. The highest BCUT2D eigenvalue weighted by atomic mass is 79.9. The summed E-state index contributed by atoms with van der Waals surface area (Å²) in [5.41, 5.74) is -0.0593. The number of sulfonamides is 1. The molecule has 1 saturated carbocycles. The van der Waals surface area contributed by atoms with Crippen molar-refractivity contribution in [1.29, 1.82) is 0 Å². The molecular weight excluding hydrogens is 428 g/mol. The maximum absolute atomic E-state index is 12.7. The number of nitrogens with zero attached hydrogens (tertiary/aromatic N) is 4. The number of halogens is 1. The van der Waals surface area contributed by atoms with E-state index in [0.29, 0.717) is 30.1 Å². The van der Waals surface area contributed by atoms with E-state index < -0.39 is 10.0 Å². The van der Waals surface area contributed by atoms with Crippen molar-refractivity contribution in [2.45, 2.75) is 41.9 Å². The molecule has 3 heterocycles. The summed E-state index contributed by atoms with van der Waals surface area (Å²) >= 11 is 4.55. The maximum atomic E-state index is 12.7. The number of rotatable bonds is 4. The highest BCUT2D eigenvalue weighted by Crippen LogP contribution is 2.38. The van der Waals surface area contributed by atoms with Crippen molar-refractivity contribution in [1.82, 2.24) is 18.7 Å². The third-order valence-electron chi connectivity index (χ3n) is 4.86. The Labute approximate surface area is 158 Å². The second kappa shape index (κ2) is 6.33. The van der Waals surface area contributed by atoms with Crippen LogP contribution in [0.2, 0.25) is 0 Å². The molecule has 0 radical (unpaired) electrons. The van der Waals surface area contributed by atoms with Crippen molar-refractivity contribution in [3.63, 3.8) is 0 Å². The van der Waals surface area contributed by atoms with Crippen LogP contribution in [-0.4, -0.2) is 40.2 Å². The molecule has 4 rings (SSSR count). The third-order valence-corrected chi connectivity index (χ3v) is 8.85. The second-order valence-corrected chi connectivity index (χ2v) is 11.2. The van der Waals surface area contributed by atoms with Crippen molar-refractivity contribution >= 4 is 37.3 Å². The van der Waals surface area contributed by atoms with Crippen molar-refractivity contribution in [2.75, 3.05) is 13.1 Å². The Morgan fingerprint density at radius 1 is 1.20 bits per heavy atom. The number of piperidine rings is 1. The summed E-state index contributed by atoms with van der Waals surface area (Å²) in [6.45, 7) is 0.913. The Morgan fingerprint density at radius 2 is 1.88 bits per heavy atom. The van der Waals surface area contributed by atoms with Gasteiger partial charge in [0.1, 0.15) is 10.0 Å². The van der Waals surface area contributed by atoms with Crippen LogP contribution in [0.5, 0.6) is 0 Å². The molecule has 0 spiro atoms. The lowest BCUT2D eigenvalue weighted by Gasteiger charge is -2.30. The summed E-state index contributed by atoms with van der Waals surface area (Å²) < 4.78 is 31.4. The van der Waals surface area contributed by atoms with E-state index >= 15 is 0 Å². The topological polar surface area (TPSA) is 77.2 Å². The van der Waals surface area contributed by atoms with E-state index in [9.17, 15) is 13.2 Å². The number of hydrogen-bond donors (Lipinski definition) is 0. The number of thiophene rings is 1. The fourth-order valence-electron chi connectivity index (χ4n) is 3.37. The molecule has 7 nitrogen and oxygen atoms in total. The molecule has 0 atom stereocenters. The van der Waals surface area contributed by atoms with E-state index in [-0.39, 0.29) is 17.6 Å². The van der Waals surface area contributed by atoms with Gasteiger partial charge < -0.3 is 0 Å². The zero-order chi connectivity index (χ0) is 17.8. The predicted molar refractivity (Wildman–Crippen MR) is 98.5 cm³/mol. The van der Waals surface area contributed by atoms with Gasteiger partial charge in [0.15, 0.2) is 0 Å². The molecule has 0 unspecified atom stereocenters. The molecule has 1 aliphatic heterocycles. The van der Waals surface area contributed by atoms with Gasteiger partial charge in [0.2, 0.25) is 0 Å². The first-order valence-electron chi connectivity index (χ1n) is 8.29. The molecule has 0 N–H and O–H groups in total. The van der Waals surface area contributed by atoms with Gasteiger partial charge in [0.05, 0.1) is 3.79 Å². The van der Waals surface area contributed by atoms with E-state index in [1.54, 1.807) is 23.5 Å². The molecule has 2 aromatic heterocycles. The number of hydrogen-bond acceptors (Lipinski definition) is 5. The molecule has 25 heavy (non-hydrogen) atoms. The van der Waals surface area contributed by atoms with Crippen molar-refractivity contribution in [3.05, 3.63) is 32.2 Å². The summed E-state index contributed by atoms with van der Waals surface area (Å²) in [6.07, 6.45) is 3.43. The minimum Gasteiger partial charge on any atom is -0.276 e. The molecule has 1 aliphatic carbocycles. The van der Waals surface area contributed by atoms with Gasteiger partial charge in [-0.1, -0.05) is 0 Å². The van der Waals surface area contributed by atoms with E-state index in [2.05, 4.69) is 21.0 Å². The Morgan fingerprint density at radius 3 is 2.44 bits per heavy atom. The fraction of sp³-hybridized carbons (Fsp3) is 0.600. The smallest absolute Gasteiger partial charge is 0.276 e. The van der Waals surface area contributed by atoms with Crippen molar-refractivity contribution in [2.24, 2.45) is 7.05 Å². The molecule has 2 aliphatic rings. The SMILES string of the molecule is Cn1nc(C2CCN(S(=O)(=O)c3ccc(Br)s3)CC2)n(C2CC2)c1=O. The number of aromatic nitrogens is 3. The van der Waals surface area contributed by atoms with Crippen LogP contribution in [0.25, 0.3) is 0 Å². The van der Waals surface area contributed by atoms with Crippen LogP contribution >= 0.6 is 27.3 Å². The first-order chi connectivity index (χ1) is 11.9. The van der Waals surface area contributed by atoms with E-state index in [0.717, 1.165) is 22.5 Å². The fourth-order valence-corrected chi connectivity index (χ4v) is 7.00. The van der Waals surface area contributed by atoms with Crippen LogP contribution in [0.4, 0.5) is 0 Å². The lowest BCUT2D eigenvalue weighted by molar-refractivity contribution is 0.309. The lowest BCUT2D eigenvalue weighted by atomic mass is 9.97. The predicted octanol–water partition coefficient (Wildman–Crippen LogP) is 2.31. The molecule has 1 saturated heterocycles. The molecule has 0 bridgehead atoms. The Bertz CT molecular complexity index is 950. The summed E-state index contributed by atoms with van der Waals surface area (Å²) in [6, 6.07) is 3.67. The first-order valence-corrected chi connectivity index (χ1v) is 11.3. The minimum atomic E-state index is -3.44. The molecule has 0 aromatic carbocycles. The van der Waals surface area contributed by atoms with Crippen LogP contribution < -0.4 is 5.69 Å². The Balaban J connectivity index is 1.53. The van der Waals surface area contributed by atoms with Gasteiger partial charge in [-0.3, -0.25) is 4.57 Å². The largest absolute Gasteiger partial charge is 0.345 e. The lowest BCUT2D eigenvalue weighted by Crippen LogP contribution is -2.38. The Kier molecular flexibility index (Phi) is 4.41. The maximum Gasteiger partial charge on any atom is 0.345 e. The molecule has 0 amide bonds. The molecule has 2 aromatic rings. The summed E-state index contributed by atoms with van der Waals surface area (Å²) in [5, 5.41) is 4.44. The normalized spacial score (nSPS) is 20.2. The number of aryl methyl sites for hydroxylation is 1. The van der Waals surface area contributed by atoms with Gasteiger partial charge in [-0.05, 0) is 53.7 Å². The van der Waals surface area contributed by atoms with E-state index in [1.165, 1.54) is 16.0 Å². The Hall–Kier alpha value is -0.970. The van der Waals surface area contributed by atoms with Gasteiger partial charge in [0, 0.05) is 32.1 Å². The van der Waals surface area contributed by atoms with Gasteiger partial charge in [-0.2, -0.15) is 9.40 Å². The zero-order valence-corrected chi connectivity index (χ0v) is 17.0. The van der Waals surface area contributed by atoms with Crippen LogP contribution in [0, 0.1) is 0 Å². The zero-order valence-electron chi connectivity index (χ0n) is 13.8. The van der Waals surface area contributed by atoms with E-state index in [1.807, 2.05) is 4.57 Å². The highest BCUT2D eigenvalue weighted by Gasteiger charge is 2.36. The third kappa shape index (κ3) is 3.13. The first kappa shape index (κ1) is 17.4. The minimum absolute atomic E-state index is 0.0593. The highest BCUT2D eigenvalue weighted by molar-refractivity contribution is 9.11. The van der Waals surface area contributed by atoms with Gasteiger partial charge in [-0.15, -0.1) is 11.3 Å². The monoisotopic (exact) mass is 446 g/mol. The average molecular weight is 447 g/mol. The summed E-state index contributed by atoms with van der Waals surface area (Å²) in [5.74, 6) is 0.960. The standard InChI is InChI=1S/C15H19BrN4O3S2/c1-18-15(21)20(11-2-3-11)14(17-18)10-6-8-19(9-7-10)25(22,23)13-5-4-12(16)24-13/h4-5,10-11H,2-3,6-9H2,1H3. The molecule has 2 fully saturated rings. The van der Waals surface area contributed by atoms with E-state index in [4.69, 9.17) is 0 Å². The second-order valence-electron chi connectivity index (χ2n) is 6.60. The summed E-state index contributed by atoms with van der Waals surface area (Å²) in [4.78, 5) is 12.3.